The van der Waals surface area contributed by atoms with Gasteiger partial charge >= 0.3 is 5.97 Å². The minimum Gasteiger partial charge on any atom is -0.402 e. The molecule has 0 radical (unpaired) electrons. The maximum absolute atomic E-state index is 12.1. The smallest absolute Gasteiger partial charge is 0.363 e. The number of aliphatic imine (C=N–C) groups is 1. The number of nitro groups is 1. The summed E-state index contributed by atoms with van der Waals surface area (Å²) in [4.78, 5) is 26.8. The number of nitro benzene ring substituents is 1. The van der Waals surface area contributed by atoms with Gasteiger partial charge in [-0.15, -0.1) is 0 Å². The van der Waals surface area contributed by atoms with Crippen LogP contribution in [-0.4, -0.2) is 16.8 Å². The fourth-order valence-corrected chi connectivity index (χ4v) is 2.40. The van der Waals surface area contributed by atoms with E-state index < -0.39 is 10.9 Å². The Morgan fingerprint density at radius 3 is 2.67 bits per heavy atom. The highest BCUT2D eigenvalue weighted by atomic mass is 16.6. The summed E-state index contributed by atoms with van der Waals surface area (Å²) >= 11 is 0. The first kappa shape index (κ1) is 15.6. The van der Waals surface area contributed by atoms with Crippen LogP contribution < -0.4 is 0 Å². The molecule has 1 aliphatic heterocycles. The first-order chi connectivity index (χ1) is 11.5. The van der Waals surface area contributed by atoms with E-state index in [-0.39, 0.29) is 22.8 Å². The van der Waals surface area contributed by atoms with Crippen molar-refractivity contribution < 1.29 is 14.5 Å². The Morgan fingerprint density at radius 1 is 1.17 bits per heavy atom. The second-order valence-electron chi connectivity index (χ2n) is 5.47. The summed E-state index contributed by atoms with van der Waals surface area (Å²) in [7, 11) is 0. The first-order valence-electron chi connectivity index (χ1n) is 7.29. The van der Waals surface area contributed by atoms with Crippen LogP contribution in [0.1, 0.15) is 22.3 Å². The average Bonchev–Trinajstić information content (AvgIpc) is 2.92. The number of esters is 1. The zero-order chi connectivity index (χ0) is 17.3. The molecule has 6 heteroatoms. The Hall–Kier alpha value is -3.28. The van der Waals surface area contributed by atoms with Crippen molar-refractivity contribution in [2.45, 2.75) is 13.8 Å². The van der Waals surface area contributed by atoms with Crippen molar-refractivity contribution >= 4 is 23.6 Å². The van der Waals surface area contributed by atoms with Crippen molar-refractivity contribution in [3.05, 3.63) is 80.5 Å². The van der Waals surface area contributed by atoms with Crippen molar-refractivity contribution in [1.82, 2.24) is 0 Å². The topological polar surface area (TPSA) is 81.8 Å². The molecule has 0 aromatic heterocycles. The van der Waals surface area contributed by atoms with Gasteiger partial charge in [0.1, 0.15) is 5.56 Å². The highest BCUT2D eigenvalue weighted by molar-refractivity contribution is 6.14. The third-order valence-corrected chi connectivity index (χ3v) is 3.68. The summed E-state index contributed by atoms with van der Waals surface area (Å²) in [6, 6.07) is 11.9. The summed E-state index contributed by atoms with van der Waals surface area (Å²) < 4.78 is 5.13. The molecule has 0 N–H and O–H groups in total. The van der Waals surface area contributed by atoms with Crippen LogP contribution >= 0.6 is 0 Å². The summed E-state index contributed by atoms with van der Waals surface area (Å²) in [5.74, 6) is -0.673. The lowest BCUT2D eigenvalue weighted by molar-refractivity contribution is -0.385. The van der Waals surface area contributed by atoms with E-state index in [0.29, 0.717) is 0 Å². The molecule has 6 nitrogen and oxygen atoms in total. The van der Waals surface area contributed by atoms with Crippen molar-refractivity contribution in [1.29, 1.82) is 0 Å². The fourth-order valence-electron chi connectivity index (χ4n) is 2.40. The van der Waals surface area contributed by atoms with Crippen molar-refractivity contribution in [2.75, 3.05) is 0 Å². The van der Waals surface area contributed by atoms with Gasteiger partial charge in [0.25, 0.3) is 5.69 Å². The fraction of sp³-hybridized carbons (Fsp3) is 0.111. The molecule has 120 valence electrons. The lowest BCUT2D eigenvalue weighted by Gasteiger charge is -2.01. The predicted octanol–water partition coefficient (Wildman–Crippen LogP) is 3.56. The molecule has 24 heavy (non-hydrogen) atoms. The number of para-hydroxylation sites is 1. The molecule has 1 heterocycles. The highest BCUT2D eigenvalue weighted by Gasteiger charge is 2.28. The van der Waals surface area contributed by atoms with Gasteiger partial charge in [0.15, 0.2) is 5.70 Å². The van der Waals surface area contributed by atoms with Crippen LogP contribution in [0.5, 0.6) is 0 Å². The van der Waals surface area contributed by atoms with Crippen molar-refractivity contribution in [2.24, 2.45) is 4.99 Å². The van der Waals surface area contributed by atoms with Crippen LogP contribution in [-0.2, 0) is 9.53 Å². The van der Waals surface area contributed by atoms with Crippen LogP contribution in [0.25, 0.3) is 6.08 Å². The molecule has 2 aromatic carbocycles. The van der Waals surface area contributed by atoms with Gasteiger partial charge in [-0.05, 0) is 37.1 Å². The molecule has 0 saturated heterocycles. The van der Waals surface area contributed by atoms with Gasteiger partial charge in [-0.3, -0.25) is 10.1 Å². The van der Waals surface area contributed by atoms with E-state index in [1.54, 1.807) is 18.2 Å². The van der Waals surface area contributed by atoms with Gasteiger partial charge in [0.05, 0.1) is 4.92 Å². The van der Waals surface area contributed by atoms with E-state index in [0.717, 1.165) is 16.7 Å². The molecule has 0 unspecified atom stereocenters. The quantitative estimate of drug-likeness (QED) is 0.374. The molecule has 0 atom stereocenters. The summed E-state index contributed by atoms with van der Waals surface area (Å²) in [5, 5.41) is 11.1. The molecule has 0 fully saturated rings. The van der Waals surface area contributed by atoms with Gasteiger partial charge in [0, 0.05) is 6.07 Å². The van der Waals surface area contributed by atoms with E-state index in [1.807, 2.05) is 32.0 Å². The van der Waals surface area contributed by atoms with Gasteiger partial charge in [-0.2, -0.15) is 0 Å². The van der Waals surface area contributed by atoms with Crippen LogP contribution in [0.15, 0.2) is 53.2 Å². The second-order valence-corrected chi connectivity index (χ2v) is 5.47. The van der Waals surface area contributed by atoms with Gasteiger partial charge < -0.3 is 4.74 Å². The number of nitrogens with zero attached hydrogens (tertiary/aromatic N) is 2. The zero-order valence-corrected chi connectivity index (χ0v) is 13.1. The standard InChI is InChI=1S/C18H14N2O4/c1-11-7-8-12(2)13(9-11)10-15-18(21)24-17(19-15)14-5-3-4-6-16(14)20(22)23/h3-10H,1-2H3/b15-10-. The van der Waals surface area contributed by atoms with Gasteiger partial charge in [0.2, 0.25) is 5.90 Å². The van der Waals surface area contributed by atoms with Crippen molar-refractivity contribution in [3.8, 4) is 0 Å². The van der Waals surface area contributed by atoms with Crippen LogP contribution in [0.2, 0.25) is 0 Å². The number of hydrogen-bond donors (Lipinski definition) is 0. The minimum absolute atomic E-state index is 0.0520. The number of benzene rings is 2. The molecule has 2 aromatic rings. The second kappa shape index (κ2) is 6.08. The van der Waals surface area contributed by atoms with Crippen LogP contribution in [0.3, 0.4) is 0 Å². The lowest BCUT2D eigenvalue weighted by atomic mass is 10.0. The number of hydrogen-bond acceptors (Lipinski definition) is 5. The molecule has 0 amide bonds. The maximum atomic E-state index is 12.1. The van der Waals surface area contributed by atoms with E-state index in [1.165, 1.54) is 12.1 Å². The van der Waals surface area contributed by atoms with Crippen LogP contribution in [0, 0.1) is 24.0 Å². The Balaban J connectivity index is 2.04. The summed E-state index contributed by atoms with van der Waals surface area (Å²) in [6.07, 6.45) is 1.63. The SMILES string of the molecule is Cc1ccc(C)c(/C=C2\N=C(c3ccccc3[N+](=O)[O-])OC2=O)c1. The number of ether oxygens (including phenoxy) is 1. The summed E-state index contributed by atoms with van der Waals surface area (Å²) in [6.45, 7) is 3.88. The third-order valence-electron chi connectivity index (χ3n) is 3.68. The zero-order valence-electron chi connectivity index (χ0n) is 13.1. The Labute approximate surface area is 138 Å². The molecule has 0 saturated carbocycles. The van der Waals surface area contributed by atoms with E-state index in [4.69, 9.17) is 4.74 Å². The number of rotatable bonds is 3. The Bertz CT molecular complexity index is 913. The molecular formula is C18H14N2O4. The van der Waals surface area contributed by atoms with E-state index >= 15 is 0 Å². The molecule has 3 rings (SSSR count). The van der Waals surface area contributed by atoms with Crippen molar-refractivity contribution in [3.63, 3.8) is 0 Å². The first-order valence-corrected chi connectivity index (χ1v) is 7.29. The molecule has 1 aliphatic rings. The minimum atomic E-state index is -0.621. The monoisotopic (exact) mass is 322 g/mol. The molecular weight excluding hydrogens is 308 g/mol. The number of carbonyl (C=O) groups excluding carboxylic acids is 1. The van der Waals surface area contributed by atoms with E-state index in [9.17, 15) is 14.9 Å². The normalized spacial score (nSPS) is 15.3. The lowest BCUT2D eigenvalue weighted by Crippen LogP contribution is -2.07. The molecule has 0 spiro atoms. The number of aryl methyl sites for hydroxylation is 2. The molecule has 0 aliphatic carbocycles. The Morgan fingerprint density at radius 2 is 1.92 bits per heavy atom. The number of carbonyl (C=O) groups is 1. The average molecular weight is 322 g/mol. The highest BCUT2D eigenvalue weighted by Crippen LogP contribution is 2.25. The largest absolute Gasteiger partial charge is 0.402 e. The van der Waals surface area contributed by atoms with Gasteiger partial charge in [-0.1, -0.05) is 35.9 Å². The summed E-state index contributed by atoms with van der Waals surface area (Å²) in [5.41, 5.74) is 3.06. The Kier molecular flexibility index (Phi) is 3.95. The molecule has 0 bridgehead atoms. The maximum Gasteiger partial charge on any atom is 0.363 e. The van der Waals surface area contributed by atoms with E-state index in [2.05, 4.69) is 4.99 Å². The predicted molar refractivity (Wildman–Crippen MR) is 89.6 cm³/mol. The van der Waals surface area contributed by atoms with Gasteiger partial charge in [-0.25, -0.2) is 9.79 Å². The number of cyclic esters (lactones) is 1. The van der Waals surface area contributed by atoms with Crippen LogP contribution in [0.4, 0.5) is 5.69 Å². The third kappa shape index (κ3) is 2.94.